The molecule has 0 aromatic carbocycles. The van der Waals surface area contributed by atoms with E-state index < -0.39 is 5.97 Å². The molecule has 1 aliphatic rings. The van der Waals surface area contributed by atoms with Crippen LogP contribution >= 0.6 is 0 Å². The van der Waals surface area contributed by atoms with E-state index >= 15 is 0 Å². The molecule has 1 fully saturated rings. The van der Waals surface area contributed by atoms with Crippen LogP contribution < -0.4 is 0 Å². The first-order valence-electron chi connectivity index (χ1n) is 5.80. The second-order valence-electron chi connectivity index (χ2n) is 4.59. The highest BCUT2D eigenvalue weighted by Crippen LogP contribution is 2.20. The molecule has 0 atom stereocenters. The van der Waals surface area contributed by atoms with Crippen molar-refractivity contribution in [2.24, 2.45) is 5.92 Å². The van der Waals surface area contributed by atoms with Crippen molar-refractivity contribution in [2.75, 3.05) is 20.1 Å². The number of urea groups is 1. The van der Waals surface area contributed by atoms with E-state index in [-0.39, 0.29) is 18.4 Å². The van der Waals surface area contributed by atoms with E-state index in [1.807, 2.05) is 6.07 Å². The summed E-state index contributed by atoms with van der Waals surface area (Å²) in [5, 5.41) is 8.63. The third-order valence-corrected chi connectivity index (χ3v) is 2.99. The number of hydrogen-bond donors (Lipinski definition) is 1. The van der Waals surface area contributed by atoms with E-state index in [0.29, 0.717) is 19.6 Å². The molecule has 1 saturated heterocycles. The summed E-state index contributed by atoms with van der Waals surface area (Å²) in [5.41, 5.74) is 0. The zero-order valence-electron chi connectivity index (χ0n) is 10.2. The number of amides is 2. The van der Waals surface area contributed by atoms with Crippen molar-refractivity contribution in [1.82, 2.24) is 9.80 Å². The first-order valence-corrected chi connectivity index (χ1v) is 5.80. The summed E-state index contributed by atoms with van der Waals surface area (Å²) in [7, 11) is 1.70. The minimum absolute atomic E-state index is 0.0865. The second kappa shape index (κ2) is 5.12. The van der Waals surface area contributed by atoms with Gasteiger partial charge in [0.1, 0.15) is 5.76 Å². The molecule has 2 heterocycles. The van der Waals surface area contributed by atoms with Gasteiger partial charge in [0.25, 0.3) is 0 Å². The molecule has 0 aliphatic carbocycles. The Morgan fingerprint density at radius 2 is 2.28 bits per heavy atom. The van der Waals surface area contributed by atoms with Gasteiger partial charge in [0, 0.05) is 26.1 Å². The zero-order valence-corrected chi connectivity index (χ0v) is 10.2. The molecular weight excluding hydrogens is 236 g/mol. The van der Waals surface area contributed by atoms with Crippen LogP contribution in [0.15, 0.2) is 22.8 Å². The molecule has 0 saturated carbocycles. The van der Waals surface area contributed by atoms with Gasteiger partial charge in [-0.1, -0.05) is 0 Å². The molecule has 98 valence electrons. The van der Waals surface area contributed by atoms with E-state index in [0.717, 1.165) is 5.76 Å². The number of carbonyl (C=O) groups excluding carboxylic acids is 1. The highest BCUT2D eigenvalue weighted by molar-refractivity contribution is 5.75. The SMILES string of the molecule is CN(Cc1ccco1)C(=O)N1CC(CC(=O)O)C1. The Bertz CT molecular complexity index is 423. The van der Waals surface area contributed by atoms with Crippen molar-refractivity contribution in [1.29, 1.82) is 0 Å². The first kappa shape index (κ1) is 12.5. The fourth-order valence-corrected chi connectivity index (χ4v) is 2.05. The number of nitrogens with zero attached hydrogens (tertiary/aromatic N) is 2. The quantitative estimate of drug-likeness (QED) is 0.874. The van der Waals surface area contributed by atoms with Gasteiger partial charge in [-0.25, -0.2) is 4.79 Å². The topological polar surface area (TPSA) is 74.0 Å². The predicted molar refractivity (Wildman–Crippen MR) is 62.9 cm³/mol. The minimum Gasteiger partial charge on any atom is -0.481 e. The van der Waals surface area contributed by atoms with Crippen LogP contribution in [0.5, 0.6) is 0 Å². The molecule has 2 amide bonds. The molecule has 0 bridgehead atoms. The Hall–Kier alpha value is -1.98. The van der Waals surface area contributed by atoms with Crippen LogP contribution in [0.1, 0.15) is 12.2 Å². The van der Waals surface area contributed by atoms with Gasteiger partial charge < -0.3 is 19.3 Å². The van der Waals surface area contributed by atoms with E-state index in [2.05, 4.69) is 0 Å². The molecule has 0 unspecified atom stereocenters. The third-order valence-electron chi connectivity index (χ3n) is 2.99. The molecule has 0 radical (unpaired) electrons. The van der Waals surface area contributed by atoms with Crippen LogP contribution in [0.2, 0.25) is 0 Å². The number of rotatable bonds is 4. The molecule has 18 heavy (non-hydrogen) atoms. The highest BCUT2D eigenvalue weighted by Gasteiger charge is 2.33. The van der Waals surface area contributed by atoms with Crippen LogP contribution in [0, 0.1) is 5.92 Å². The summed E-state index contributed by atoms with van der Waals surface area (Å²) >= 11 is 0. The van der Waals surface area contributed by atoms with E-state index in [9.17, 15) is 9.59 Å². The lowest BCUT2D eigenvalue weighted by Gasteiger charge is -2.40. The maximum absolute atomic E-state index is 11.9. The van der Waals surface area contributed by atoms with Crippen molar-refractivity contribution in [3.8, 4) is 0 Å². The van der Waals surface area contributed by atoms with Gasteiger partial charge in [-0.05, 0) is 12.1 Å². The van der Waals surface area contributed by atoms with Crippen LogP contribution in [0.3, 0.4) is 0 Å². The number of hydrogen-bond acceptors (Lipinski definition) is 3. The van der Waals surface area contributed by atoms with Gasteiger partial charge in [-0.3, -0.25) is 4.79 Å². The average Bonchev–Trinajstić information content (AvgIpc) is 2.74. The fourth-order valence-electron chi connectivity index (χ4n) is 2.05. The molecule has 0 spiro atoms. The van der Waals surface area contributed by atoms with Crippen molar-refractivity contribution < 1.29 is 19.1 Å². The van der Waals surface area contributed by atoms with Crippen molar-refractivity contribution in [3.05, 3.63) is 24.2 Å². The molecule has 1 N–H and O–H groups in total. The summed E-state index contributed by atoms with van der Waals surface area (Å²) in [4.78, 5) is 25.7. The van der Waals surface area contributed by atoms with E-state index in [1.54, 1.807) is 29.2 Å². The van der Waals surface area contributed by atoms with Crippen molar-refractivity contribution in [3.63, 3.8) is 0 Å². The molecule has 6 nitrogen and oxygen atoms in total. The molecule has 6 heteroatoms. The van der Waals surface area contributed by atoms with Gasteiger partial charge in [0.05, 0.1) is 19.2 Å². The Kier molecular flexibility index (Phi) is 3.55. The summed E-state index contributed by atoms with van der Waals surface area (Å²) in [5.74, 6) is 0.00737. The van der Waals surface area contributed by atoms with E-state index in [4.69, 9.17) is 9.52 Å². The lowest BCUT2D eigenvalue weighted by atomic mass is 9.97. The van der Waals surface area contributed by atoms with Crippen molar-refractivity contribution >= 4 is 12.0 Å². The lowest BCUT2D eigenvalue weighted by Crippen LogP contribution is -2.54. The predicted octanol–water partition coefficient (Wildman–Crippen LogP) is 1.24. The monoisotopic (exact) mass is 252 g/mol. The van der Waals surface area contributed by atoms with Gasteiger partial charge in [0.15, 0.2) is 0 Å². The summed E-state index contributed by atoms with van der Waals surface area (Å²) in [6.07, 6.45) is 1.70. The summed E-state index contributed by atoms with van der Waals surface area (Å²) in [6, 6.07) is 3.50. The maximum atomic E-state index is 11.9. The lowest BCUT2D eigenvalue weighted by molar-refractivity contribution is -0.139. The van der Waals surface area contributed by atoms with E-state index in [1.165, 1.54) is 0 Å². The van der Waals surface area contributed by atoms with Crippen LogP contribution in [0.25, 0.3) is 0 Å². The molecule has 1 aliphatic heterocycles. The summed E-state index contributed by atoms with van der Waals surface area (Å²) in [6.45, 7) is 1.47. The Labute approximate surface area is 105 Å². The van der Waals surface area contributed by atoms with Gasteiger partial charge in [0.2, 0.25) is 0 Å². The fraction of sp³-hybridized carbons (Fsp3) is 0.500. The smallest absolute Gasteiger partial charge is 0.320 e. The number of carboxylic acids is 1. The molecule has 1 aromatic heterocycles. The standard InChI is InChI=1S/C12H16N2O4/c1-13(8-10-3-2-4-18-10)12(17)14-6-9(7-14)5-11(15)16/h2-4,9H,5-8H2,1H3,(H,15,16). The number of carboxylic acid groups (broad SMARTS) is 1. The molecular formula is C12H16N2O4. The minimum atomic E-state index is -0.809. The van der Waals surface area contributed by atoms with Crippen LogP contribution in [-0.2, 0) is 11.3 Å². The first-order chi connectivity index (χ1) is 8.56. The normalized spacial score (nSPS) is 15.3. The third kappa shape index (κ3) is 2.82. The maximum Gasteiger partial charge on any atom is 0.320 e. The van der Waals surface area contributed by atoms with Gasteiger partial charge >= 0.3 is 12.0 Å². The van der Waals surface area contributed by atoms with Gasteiger partial charge in [-0.2, -0.15) is 0 Å². The summed E-state index contributed by atoms with van der Waals surface area (Å²) < 4.78 is 5.17. The van der Waals surface area contributed by atoms with Crippen molar-refractivity contribution in [2.45, 2.75) is 13.0 Å². The number of likely N-dealkylation sites (tertiary alicyclic amines) is 1. The molecule has 2 rings (SSSR count). The zero-order chi connectivity index (χ0) is 13.1. The van der Waals surface area contributed by atoms with Crippen LogP contribution in [0.4, 0.5) is 4.79 Å². The Morgan fingerprint density at radius 1 is 1.56 bits per heavy atom. The van der Waals surface area contributed by atoms with Crippen LogP contribution in [-0.4, -0.2) is 47.0 Å². The second-order valence-corrected chi connectivity index (χ2v) is 4.59. The number of aliphatic carboxylic acids is 1. The Balaban J connectivity index is 1.77. The highest BCUT2D eigenvalue weighted by atomic mass is 16.4. The largest absolute Gasteiger partial charge is 0.481 e. The number of carbonyl (C=O) groups is 2. The molecule has 1 aromatic rings. The Morgan fingerprint density at radius 3 is 2.83 bits per heavy atom. The van der Waals surface area contributed by atoms with Gasteiger partial charge in [-0.15, -0.1) is 0 Å². The average molecular weight is 252 g/mol. The number of furan rings is 1.